The molecule has 1 saturated carbocycles. The number of nitrogens with one attached hydrogen (secondary N) is 3. The molecule has 2 amide bonds. The van der Waals surface area contributed by atoms with E-state index in [0.717, 1.165) is 42.9 Å². The number of benzene rings is 1. The normalized spacial score (nSPS) is 15.7. The lowest BCUT2D eigenvalue weighted by atomic mass is 10.2. The minimum atomic E-state index is -0.218. The fourth-order valence-corrected chi connectivity index (χ4v) is 4.71. The molecule has 10 nitrogen and oxygen atoms in total. The van der Waals surface area contributed by atoms with Gasteiger partial charge in [-0.05, 0) is 43.9 Å². The van der Waals surface area contributed by atoms with E-state index in [1.54, 1.807) is 20.4 Å². The maximum atomic E-state index is 13.0. The van der Waals surface area contributed by atoms with Gasteiger partial charge in [-0.1, -0.05) is 12.8 Å². The first kappa shape index (κ1) is 25.5. The predicted octanol–water partition coefficient (Wildman–Crippen LogP) is 3.20. The third-order valence-corrected chi connectivity index (χ3v) is 6.72. The molecule has 0 radical (unpaired) electrons. The molecule has 0 spiro atoms. The predicted molar refractivity (Wildman–Crippen MR) is 138 cm³/mol. The van der Waals surface area contributed by atoms with E-state index in [2.05, 4.69) is 25.9 Å². The Labute approximate surface area is 212 Å². The van der Waals surface area contributed by atoms with Gasteiger partial charge >= 0.3 is 0 Å². The molecule has 1 aromatic carbocycles. The van der Waals surface area contributed by atoms with E-state index in [4.69, 9.17) is 9.47 Å². The number of ether oxygens (including phenoxy) is 2. The van der Waals surface area contributed by atoms with Gasteiger partial charge in [-0.3, -0.25) is 9.59 Å². The monoisotopic (exact) mass is 496 g/mol. The lowest BCUT2D eigenvalue weighted by Crippen LogP contribution is -2.31. The number of likely N-dealkylation sites (tertiary alicyclic amines) is 1. The quantitative estimate of drug-likeness (QED) is 0.384. The average molecular weight is 497 g/mol. The first-order chi connectivity index (χ1) is 17.6. The Morgan fingerprint density at radius 2 is 2.00 bits per heavy atom. The Morgan fingerprint density at radius 1 is 1.17 bits per heavy atom. The Morgan fingerprint density at radius 3 is 2.72 bits per heavy atom. The first-order valence-corrected chi connectivity index (χ1v) is 12.7. The molecular formula is C26H36N6O4. The summed E-state index contributed by atoms with van der Waals surface area (Å²) in [6, 6.07) is 5.90. The summed E-state index contributed by atoms with van der Waals surface area (Å²) in [6.07, 6.45) is 8.27. The summed E-state index contributed by atoms with van der Waals surface area (Å²) < 4.78 is 10.8. The van der Waals surface area contributed by atoms with Gasteiger partial charge in [0.1, 0.15) is 22.9 Å². The molecule has 36 heavy (non-hydrogen) atoms. The number of anilines is 2. The van der Waals surface area contributed by atoms with Crippen LogP contribution < -0.4 is 25.4 Å². The van der Waals surface area contributed by atoms with E-state index in [0.29, 0.717) is 55.8 Å². The largest absolute Gasteiger partial charge is 0.497 e. The number of amides is 2. The van der Waals surface area contributed by atoms with Crippen molar-refractivity contribution in [2.75, 3.05) is 44.5 Å². The van der Waals surface area contributed by atoms with Gasteiger partial charge in [0, 0.05) is 50.4 Å². The van der Waals surface area contributed by atoms with Crippen molar-refractivity contribution in [3.63, 3.8) is 0 Å². The van der Waals surface area contributed by atoms with E-state index in [1.165, 1.54) is 12.8 Å². The average Bonchev–Trinajstić information content (AvgIpc) is 3.56. The number of nitrogens with zero attached hydrogens (tertiary/aromatic N) is 3. The molecule has 194 valence electrons. The number of hydrogen-bond acceptors (Lipinski definition) is 8. The molecule has 1 aliphatic carbocycles. The second-order valence-electron chi connectivity index (χ2n) is 9.21. The van der Waals surface area contributed by atoms with Crippen molar-refractivity contribution >= 4 is 23.6 Å². The van der Waals surface area contributed by atoms with Crippen LogP contribution in [-0.2, 0) is 11.3 Å². The minimum absolute atomic E-state index is 0.201. The van der Waals surface area contributed by atoms with Crippen LogP contribution in [0.5, 0.6) is 11.5 Å². The molecule has 0 bridgehead atoms. The molecule has 4 rings (SSSR count). The van der Waals surface area contributed by atoms with Gasteiger partial charge in [-0.15, -0.1) is 0 Å². The highest BCUT2D eigenvalue weighted by atomic mass is 16.5. The maximum Gasteiger partial charge on any atom is 0.256 e. The zero-order valence-electron chi connectivity index (χ0n) is 21.1. The van der Waals surface area contributed by atoms with Crippen LogP contribution in [-0.4, -0.2) is 66.6 Å². The third kappa shape index (κ3) is 6.56. The lowest BCUT2D eigenvalue weighted by Gasteiger charge is -2.18. The van der Waals surface area contributed by atoms with E-state index in [9.17, 15) is 9.59 Å². The van der Waals surface area contributed by atoms with Gasteiger partial charge in [0.05, 0.1) is 14.2 Å². The Hall–Kier alpha value is -3.56. The molecule has 2 heterocycles. The molecule has 1 aliphatic heterocycles. The van der Waals surface area contributed by atoms with Crippen LogP contribution in [0.15, 0.2) is 24.4 Å². The van der Waals surface area contributed by atoms with Gasteiger partial charge in [0.15, 0.2) is 0 Å². The molecule has 2 fully saturated rings. The molecule has 3 N–H and O–H groups in total. The van der Waals surface area contributed by atoms with Crippen LogP contribution in [0.3, 0.4) is 0 Å². The zero-order valence-corrected chi connectivity index (χ0v) is 21.1. The number of hydrogen-bond donors (Lipinski definition) is 3. The number of carbonyl (C=O) groups excluding carboxylic acids is 2. The van der Waals surface area contributed by atoms with Crippen LogP contribution in [0.25, 0.3) is 0 Å². The van der Waals surface area contributed by atoms with Crippen LogP contribution in [0.2, 0.25) is 0 Å². The van der Waals surface area contributed by atoms with E-state index >= 15 is 0 Å². The second kappa shape index (κ2) is 12.4. The lowest BCUT2D eigenvalue weighted by molar-refractivity contribution is -0.127. The summed E-state index contributed by atoms with van der Waals surface area (Å²) in [5.74, 6) is 2.41. The van der Waals surface area contributed by atoms with Crippen molar-refractivity contribution < 1.29 is 19.1 Å². The molecule has 0 atom stereocenters. The maximum absolute atomic E-state index is 13.0. The van der Waals surface area contributed by atoms with Crippen LogP contribution in [0.4, 0.5) is 11.8 Å². The summed E-state index contributed by atoms with van der Waals surface area (Å²) in [7, 11) is 3.25. The van der Waals surface area contributed by atoms with Crippen molar-refractivity contribution in [1.29, 1.82) is 0 Å². The van der Waals surface area contributed by atoms with Gasteiger partial charge in [0.2, 0.25) is 11.9 Å². The molecule has 2 aromatic rings. The summed E-state index contributed by atoms with van der Waals surface area (Å²) in [5.41, 5.74) is 1.33. The highest BCUT2D eigenvalue weighted by Crippen LogP contribution is 2.26. The van der Waals surface area contributed by atoms with Gasteiger partial charge in [-0.2, -0.15) is 4.98 Å². The van der Waals surface area contributed by atoms with Gasteiger partial charge in [0.25, 0.3) is 5.91 Å². The van der Waals surface area contributed by atoms with Crippen LogP contribution in [0, 0.1) is 0 Å². The number of methoxy groups -OCH3 is 2. The summed E-state index contributed by atoms with van der Waals surface area (Å²) in [4.78, 5) is 35.7. The fourth-order valence-electron chi connectivity index (χ4n) is 4.71. The van der Waals surface area contributed by atoms with Crippen LogP contribution in [0.1, 0.15) is 60.9 Å². The molecule has 1 saturated heterocycles. The fraction of sp³-hybridized carbons (Fsp3) is 0.538. The Bertz CT molecular complexity index is 1060. The number of aromatic nitrogens is 2. The van der Waals surface area contributed by atoms with E-state index < -0.39 is 0 Å². The van der Waals surface area contributed by atoms with Crippen molar-refractivity contribution in [3.05, 3.63) is 35.5 Å². The molecule has 0 unspecified atom stereocenters. The molecule has 1 aromatic heterocycles. The van der Waals surface area contributed by atoms with Crippen molar-refractivity contribution in [2.24, 2.45) is 0 Å². The highest BCUT2D eigenvalue weighted by molar-refractivity contribution is 5.98. The van der Waals surface area contributed by atoms with Crippen LogP contribution >= 0.6 is 0 Å². The molecule has 2 aliphatic rings. The number of rotatable bonds is 12. The minimum Gasteiger partial charge on any atom is -0.497 e. The standard InChI is InChI=1S/C26H36N6O4/c1-35-20-10-11-22(36-2)18(15-20)16-28-26-29-17-21(24(31-26)30-19-7-3-4-8-19)25(34)27-12-6-14-32-13-5-9-23(32)33/h10-11,15,17,19H,3-9,12-14,16H2,1-2H3,(H,27,34)(H2,28,29,30,31). The van der Waals surface area contributed by atoms with E-state index in [1.807, 2.05) is 23.1 Å². The zero-order chi connectivity index (χ0) is 25.3. The molecular weight excluding hydrogens is 460 g/mol. The van der Waals surface area contributed by atoms with Crippen molar-refractivity contribution in [1.82, 2.24) is 20.2 Å². The van der Waals surface area contributed by atoms with Crippen molar-refractivity contribution in [3.8, 4) is 11.5 Å². The second-order valence-corrected chi connectivity index (χ2v) is 9.21. The first-order valence-electron chi connectivity index (χ1n) is 12.7. The van der Waals surface area contributed by atoms with Gasteiger partial charge in [-0.25, -0.2) is 4.98 Å². The topological polar surface area (TPSA) is 118 Å². The Kier molecular flexibility index (Phi) is 8.80. The Balaban J connectivity index is 1.41. The smallest absolute Gasteiger partial charge is 0.256 e. The van der Waals surface area contributed by atoms with Crippen molar-refractivity contribution in [2.45, 2.75) is 57.5 Å². The third-order valence-electron chi connectivity index (χ3n) is 6.72. The van der Waals surface area contributed by atoms with Gasteiger partial charge < -0.3 is 30.3 Å². The highest BCUT2D eigenvalue weighted by Gasteiger charge is 2.22. The number of carbonyl (C=O) groups is 2. The van der Waals surface area contributed by atoms with E-state index in [-0.39, 0.29) is 11.8 Å². The SMILES string of the molecule is COc1ccc(OC)c(CNc2ncc(C(=O)NCCCN3CCCC3=O)c(NC3CCCC3)n2)c1. The molecule has 10 heteroatoms. The summed E-state index contributed by atoms with van der Waals surface area (Å²) >= 11 is 0. The summed E-state index contributed by atoms with van der Waals surface area (Å²) in [6.45, 7) is 2.40. The summed E-state index contributed by atoms with van der Waals surface area (Å²) in [5, 5.41) is 9.66.